The summed E-state index contributed by atoms with van der Waals surface area (Å²) < 4.78 is 0. The predicted molar refractivity (Wildman–Crippen MR) is 98.9 cm³/mol. The summed E-state index contributed by atoms with van der Waals surface area (Å²) in [4.78, 5) is 20.0. The zero-order valence-corrected chi connectivity index (χ0v) is 14.9. The average Bonchev–Trinajstić information content (AvgIpc) is 3.13. The predicted octanol–water partition coefficient (Wildman–Crippen LogP) is 3.44. The number of anilines is 1. The van der Waals surface area contributed by atoms with Crippen LogP contribution >= 0.6 is 24.8 Å². The summed E-state index contributed by atoms with van der Waals surface area (Å²) in [5, 5.41) is 6.19. The van der Waals surface area contributed by atoms with Gasteiger partial charge in [0.05, 0.1) is 17.1 Å². The Bertz CT molecular complexity index is 638. The Morgan fingerprint density at radius 3 is 2.91 bits per heavy atom. The topological polar surface area (TPSA) is 69.8 Å². The molecule has 128 valence electrons. The first-order chi connectivity index (χ1) is 10.3. The number of carbonyl (C=O) groups excluding carboxylic acids is 1. The van der Waals surface area contributed by atoms with Crippen LogP contribution in [0.2, 0.25) is 0 Å². The number of unbranched alkanes of at least 4 members (excludes halogenated alkanes) is 1. The molecule has 1 fully saturated rings. The van der Waals surface area contributed by atoms with Crippen molar-refractivity contribution in [3.05, 3.63) is 24.0 Å². The van der Waals surface area contributed by atoms with Crippen molar-refractivity contribution in [3.8, 4) is 0 Å². The van der Waals surface area contributed by atoms with Crippen LogP contribution in [0.1, 0.15) is 38.4 Å². The highest BCUT2D eigenvalue weighted by molar-refractivity contribution is 5.96. The van der Waals surface area contributed by atoms with E-state index in [4.69, 9.17) is 0 Å². The molecule has 1 amide bonds. The number of nitrogens with zero attached hydrogens (tertiary/aromatic N) is 1. The largest absolute Gasteiger partial charge is 0.342 e. The molecule has 0 spiro atoms. The van der Waals surface area contributed by atoms with Crippen molar-refractivity contribution in [2.24, 2.45) is 0 Å². The summed E-state index contributed by atoms with van der Waals surface area (Å²) in [5.74, 6) is 1.07. The molecule has 0 aliphatic carbocycles. The third kappa shape index (κ3) is 4.83. The first-order valence-electron chi connectivity index (χ1n) is 7.79. The van der Waals surface area contributed by atoms with Crippen LogP contribution in [0.4, 0.5) is 5.69 Å². The van der Waals surface area contributed by atoms with Crippen molar-refractivity contribution >= 4 is 47.4 Å². The zero-order valence-electron chi connectivity index (χ0n) is 13.2. The number of carbonyl (C=O) groups is 1. The van der Waals surface area contributed by atoms with Crippen molar-refractivity contribution in [3.63, 3.8) is 0 Å². The molecule has 1 aliphatic rings. The van der Waals surface area contributed by atoms with Gasteiger partial charge in [0.15, 0.2) is 0 Å². The van der Waals surface area contributed by atoms with Gasteiger partial charge in [0, 0.05) is 12.1 Å². The number of fused-ring (bicyclic) bond motifs is 1. The molecule has 23 heavy (non-hydrogen) atoms. The normalized spacial score (nSPS) is 16.7. The molecule has 3 rings (SSSR count). The molecular weight excluding hydrogens is 335 g/mol. The summed E-state index contributed by atoms with van der Waals surface area (Å²) in [6.07, 6.45) is 5.25. The van der Waals surface area contributed by atoms with Gasteiger partial charge in [-0.1, -0.05) is 13.3 Å². The van der Waals surface area contributed by atoms with E-state index in [9.17, 15) is 4.79 Å². The highest BCUT2D eigenvalue weighted by Crippen LogP contribution is 2.19. The smallest absolute Gasteiger partial charge is 0.241 e. The van der Waals surface area contributed by atoms with E-state index in [1.807, 2.05) is 18.2 Å². The van der Waals surface area contributed by atoms with Crippen molar-refractivity contribution in [1.29, 1.82) is 0 Å². The Hall–Kier alpha value is -1.30. The lowest BCUT2D eigenvalue weighted by molar-refractivity contribution is -0.117. The van der Waals surface area contributed by atoms with Gasteiger partial charge in [-0.25, -0.2) is 4.98 Å². The molecule has 1 aromatic carbocycles. The summed E-state index contributed by atoms with van der Waals surface area (Å²) in [6, 6.07) is 5.78. The molecule has 2 heterocycles. The lowest BCUT2D eigenvalue weighted by Gasteiger charge is -2.10. The van der Waals surface area contributed by atoms with Gasteiger partial charge in [0.25, 0.3) is 0 Å². The fraction of sp³-hybridized carbons (Fsp3) is 0.500. The number of hydrogen-bond acceptors (Lipinski definition) is 3. The number of hydrogen-bond donors (Lipinski definition) is 3. The van der Waals surface area contributed by atoms with Crippen LogP contribution in [0.3, 0.4) is 0 Å². The van der Waals surface area contributed by atoms with Crippen molar-refractivity contribution < 1.29 is 4.79 Å². The maximum Gasteiger partial charge on any atom is 0.241 e. The molecule has 1 aliphatic heterocycles. The van der Waals surface area contributed by atoms with Gasteiger partial charge in [-0.3, -0.25) is 4.79 Å². The Kier molecular flexibility index (Phi) is 7.82. The van der Waals surface area contributed by atoms with Gasteiger partial charge in [-0.05, 0) is 44.0 Å². The van der Waals surface area contributed by atoms with E-state index < -0.39 is 0 Å². The number of aromatic amines is 1. The molecule has 0 radical (unpaired) electrons. The SMILES string of the molecule is CCCCc1nc2ccc(NC(=O)C3CCCN3)cc2[nH]1.Cl.Cl. The summed E-state index contributed by atoms with van der Waals surface area (Å²) in [7, 11) is 0. The number of amides is 1. The van der Waals surface area contributed by atoms with Crippen molar-refractivity contribution in [2.45, 2.75) is 45.1 Å². The van der Waals surface area contributed by atoms with Gasteiger partial charge in [0.1, 0.15) is 5.82 Å². The molecule has 0 saturated carbocycles. The standard InChI is InChI=1S/C16H22N4O.2ClH/c1-2-3-6-15-19-12-8-7-11(10-14(12)20-15)18-16(21)13-5-4-9-17-13;;/h7-8,10,13,17H,2-6,9H2,1H3,(H,18,21)(H,19,20);2*1H. The maximum absolute atomic E-state index is 12.1. The number of nitrogens with one attached hydrogen (secondary N) is 3. The lowest BCUT2D eigenvalue weighted by atomic mass is 10.2. The van der Waals surface area contributed by atoms with E-state index in [-0.39, 0.29) is 36.8 Å². The average molecular weight is 359 g/mol. The third-order valence-electron chi connectivity index (χ3n) is 3.94. The number of aryl methyl sites for hydroxylation is 1. The first kappa shape index (κ1) is 19.7. The second-order valence-electron chi connectivity index (χ2n) is 5.66. The number of H-pyrrole nitrogens is 1. The molecule has 2 aromatic rings. The van der Waals surface area contributed by atoms with Crippen LogP contribution in [0.5, 0.6) is 0 Å². The van der Waals surface area contributed by atoms with E-state index in [1.54, 1.807) is 0 Å². The molecule has 1 atom stereocenters. The fourth-order valence-corrected chi connectivity index (χ4v) is 2.74. The van der Waals surface area contributed by atoms with Gasteiger partial charge >= 0.3 is 0 Å². The number of aromatic nitrogens is 2. The molecule has 1 unspecified atom stereocenters. The van der Waals surface area contributed by atoms with E-state index in [0.717, 1.165) is 61.2 Å². The van der Waals surface area contributed by atoms with E-state index >= 15 is 0 Å². The molecule has 5 nitrogen and oxygen atoms in total. The Balaban J connectivity index is 0.00000132. The Morgan fingerprint density at radius 1 is 1.39 bits per heavy atom. The Labute approximate surface area is 148 Å². The quantitative estimate of drug-likeness (QED) is 0.766. The van der Waals surface area contributed by atoms with E-state index in [2.05, 4.69) is 27.5 Å². The zero-order chi connectivity index (χ0) is 14.7. The first-order valence-corrected chi connectivity index (χ1v) is 7.79. The van der Waals surface area contributed by atoms with Gasteiger partial charge in [-0.15, -0.1) is 24.8 Å². The number of halogens is 2. The monoisotopic (exact) mass is 358 g/mol. The number of rotatable bonds is 5. The molecule has 1 saturated heterocycles. The minimum absolute atomic E-state index is 0. The summed E-state index contributed by atoms with van der Waals surface area (Å²) >= 11 is 0. The molecule has 0 bridgehead atoms. The van der Waals surface area contributed by atoms with Crippen LogP contribution in [0, 0.1) is 0 Å². The Morgan fingerprint density at radius 2 is 2.22 bits per heavy atom. The molecule has 3 N–H and O–H groups in total. The van der Waals surface area contributed by atoms with Crippen LogP contribution in [-0.2, 0) is 11.2 Å². The fourth-order valence-electron chi connectivity index (χ4n) is 2.74. The number of benzene rings is 1. The van der Waals surface area contributed by atoms with Gasteiger partial charge in [0.2, 0.25) is 5.91 Å². The van der Waals surface area contributed by atoms with E-state index in [0.29, 0.717) is 0 Å². The van der Waals surface area contributed by atoms with Crippen LogP contribution in [0.25, 0.3) is 11.0 Å². The molecule has 1 aromatic heterocycles. The second-order valence-corrected chi connectivity index (χ2v) is 5.66. The minimum Gasteiger partial charge on any atom is -0.342 e. The van der Waals surface area contributed by atoms with Crippen molar-refractivity contribution in [2.75, 3.05) is 11.9 Å². The van der Waals surface area contributed by atoms with E-state index in [1.165, 1.54) is 0 Å². The summed E-state index contributed by atoms with van der Waals surface area (Å²) in [5.41, 5.74) is 2.77. The summed E-state index contributed by atoms with van der Waals surface area (Å²) in [6.45, 7) is 3.10. The number of imidazole rings is 1. The highest BCUT2D eigenvalue weighted by Gasteiger charge is 2.21. The second kappa shape index (κ2) is 9.11. The third-order valence-corrected chi connectivity index (χ3v) is 3.94. The maximum atomic E-state index is 12.1. The minimum atomic E-state index is -0.0532. The molecule has 7 heteroatoms. The van der Waals surface area contributed by atoms with Crippen LogP contribution < -0.4 is 10.6 Å². The van der Waals surface area contributed by atoms with Crippen LogP contribution in [-0.4, -0.2) is 28.5 Å². The van der Waals surface area contributed by atoms with Crippen molar-refractivity contribution in [1.82, 2.24) is 15.3 Å². The van der Waals surface area contributed by atoms with Crippen LogP contribution in [0.15, 0.2) is 18.2 Å². The highest BCUT2D eigenvalue weighted by atomic mass is 35.5. The van der Waals surface area contributed by atoms with Gasteiger partial charge in [-0.2, -0.15) is 0 Å². The lowest BCUT2D eigenvalue weighted by Crippen LogP contribution is -2.35. The molecular formula is C16H24Cl2N4O. The van der Waals surface area contributed by atoms with Gasteiger partial charge < -0.3 is 15.6 Å².